The van der Waals surface area contributed by atoms with Crippen molar-refractivity contribution in [1.29, 1.82) is 0 Å². The van der Waals surface area contributed by atoms with E-state index in [4.69, 9.17) is 0 Å². The van der Waals surface area contributed by atoms with E-state index in [1.54, 1.807) is 10.9 Å². The highest BCUT2D eigenvalue weighted by Crippen LogP contribution is 2.24. The summed E-state index contributed by atoms with van der Waals surface area (Å²) in [4.78, 5) is 0. The van der Waals surface area contributed by atoms with Crippen LogP contribution in [-0.4, -0.2) is 15.0 Å². The lowest BCUT2D eigenvalue weighted by Crippen LogP contribution is -2.05. The van der Waals surface area contributed by atoms with Crippen LogP contribution >= 0.6 is 0 Å². The Balaban J connectivity index is 1.72. The Morgan fingerprint density at radius 3 is 3.00 bits per heavy atom. The van der Waals surface area contributed by atoms with Crippen molar-refractivity contribution >= 4 is 5.69 Å². The van der Waals surface area contributed by atoms with Gasteiger partial charge in [-0.05, 0) is 42.5 Å². The van der Waals surface area contributed by atoms with Gasteiger partial charge in [0.15, 0.2) is 0 Å². The molecule has 0 unspecified atom stereocenters. The number of hydrogen-bond donors (Lipinski definition) is 1. The van der Waals surface area contributed by atoms with E-state index in [1.807, 2.05) is 7.05 Å². The predicted octanol–water partition coefficient (Wildman–Crippen LogP) is 1.92. The van der Waals surface area contributed by atoms with Gasteiger partial charge in [-0.2, -0.15) is 0 Å². The van der Waals surface area contributed by atoms with E-state index in [2.05, 4.69) is 33.8 Å². The van der Waals surface area contributed by atoms with E-state index in [0.717, 1.165) is 12.2 Å². The van der Waals surface area contributed by atoms with Gasteiger partial charge in [0.1, 0.15) is 0 Å². The third kappa shape index (κ3) is 2.02. The summed E-state index contributed by atoms with van der Waals surface area (Å²) in [6, 6.07) is 6.67. The summed E-state index contributed by atoms with van der Waals surface area (Å²) in [6.07, 6.45) is 5.55. The van der Waals surface area contributed by atoms with E-state index in [0.29, 0.717) is 0 Å². The van der Waals surface area contributed by atoms with Gasteiger partial charge in [-0.15, -0.1) is 5.10 Å². The van der Waals surface area contributed by atoms with Gasteiger partial charge in [-0.25, -0.2) is 0 Å². The van der Waals surface area contributed by atoms with Gasteiger partial charge in [0.2, 0.25) is 0 Å². The Hall–Kier alpha value is -1.84. The maximum Gasteiger partial charge on any atom is 0.0774 e. The Morgan fingerprint density at radius 2 is 2.18 bits per heavy atom. The maximum absolute atomic E-state index is 3.91. The van der Waals surface area contributed by atoms with Crippen LogP contribution in [0.5, 0.6) is 0 Å². The van der Waals surface area contributed by atoms with Gasteiger partial charge in [0.25, 0.3) is 0 Å². The zero-order valence-corrected chi connectivity index (χ0v) is 9.98. The fraction of sp³-hybridized carbons (Fsp3) is 0.385. The van der Waals surface area contributed by atoms with Gasteiger partial charge in [0.05, 0.1) is 18.4 Å². The second-order valence-electron chi connectivity index (χ2n) is 4.54. The molecule has 0 amide bonds. The lowest BCUT2D eigenvalue weighted by atomic mass is 10.1. The summed E-state index contributed by atoms with van der Waals surface area (Å²) in [5.74, 6) is 0. The molecule has 4 heteroatoms. The van der Waals surface area contributed by atoms with Crippen molar-refractivity contribution < 1.29 is 0 Å². The highest BCUT2D eigenvalue weighted by atomic mass is 15.4. The van der Waals surface area contributed by atoms with Crippen LogP contribution in [0.15, 0.2) is 24.4 Å². The van der Waals surface area contributed by atoms with E-state index in [9.17, 15) is 0 Å². The first-order valence-corrected chi connectivity index (χ1v) is 6.02. The van der Waals surface area contributed by atoms with E-state index >= 15 is 0 Å². The van der Waals surface area contributed by atoms with Crippen LogP contribution in [0.2, 0.25) is 0 Å². The average Bonchev–Trinajstić information content (AvgIpc) is 2.94. The number of aryl methyl sites for hydroxylation is 3. The normalized spacial score (nSPS) is 13.7. The summed E-state index contributed by atoms with van der Waals surface area (Å²) in [5.41, 5.74) is 5.29. The van der Waals surface area contributed by atoms with Gasteiger partial charge in [-0.1, -0.05) is 11.3 Å². The Bertz CT molecular complexity index is 530. The summed E-state index contributed by atoms with van der Waals surface area (Å²) in [7, 11) is 1.91. The van der Waals surface area contributed by atoms with Gasteiger partial charge in [-0.3, -0.25) is 4.68 Å². The van der Waals surface area contributed by atoms with E-state index < -0.39 is 0 Å². The van der Waals surface area contributed by atoms with Gasteiger partial charge in [0, 0.05) is 12.7 Å². The highest BCUT2D eigenvalue weighted by molar-refractivity contribution is 5.50. The molecule has 88 valence electrons. The fourth-order valence-electron chi connectivity index (χ4n) is 2.35. The molecule has 2 aromatic rings. The zero-order chi connectivity index (χ0) is 11.7. The number of benzene rings is 1. The largest absolute Gasteiger partial charge is 0.379 e. The lowest BCUT2D eigenvalue weighted by Gasteiger charge is -2.08. The first-order chi connectivity index (χ1) is 8.33. The van der Waals surface area contributed by atoms with Crippen LogP contribution in [0.1, 0.15) is 23.2 Å². The van der Waals surface area contributed by atoms with Crippen LogP contribution in [0.3, 0.4) is 0 Å². The first-order valence-electron chi connectivity index (χ1n) is 6.02. The topological polar surface area (TPSA) is 42.7 Å². The molecular formula is C13H16N4. The first kappa shape index (κ1) is 10.3. The molecular weight excluding hydrogens is 212 g/mol. The van der Waals surface area contributed by atoms with Crippen LogP contribution in [0.4, 0.5) is 5.69 Å². The Labute approximate surface area is 101 Å². The monoisotopic (exact) mass is 228 g/mol. The molecule has 0 saturated heterocycles. The summed E-state index contributed by atoms with van der Waals surface area (Å²) >= 11 is 0. The Kier molecular flexibility index (Phi) is 2.55. The lowest BCUT2D eigenvalue weighted by molar-refractivity contribution is 0.683. The molecule has 1 aromatic heterocycles. The molecule has 0 bridgehead atoms. The van der Waals surface area contributed by atoms with Crippen molar-refractivity contribution in [3.63, 3.8) is 0 Å². The summed E-state index contributed by atoms with van der Waals surface area (Å²) in [6.45, 7) is 0.766. The molecule has 0 spiro atoms. The number of aromatic nitrogens is 3. The van der Waals surface area contributed by atoms with Crippen molar-refractivity contribution in [2.45, 2.75) is 25.8 Å². The molecule has 0 saturated carbocycles. The molecule has 1 N–H and O–H groups in total. The average molecular weight is 228 g/mol. The van der Waals surface area contributed by atoms with Crippen molar-refractivity contribution in [3.05, 3.63) is 41.2 Å². The predicted molar refractivity (Wildman–Crippen MR) is 66.8 cm³/mol. The smallest absolute Gasteiger partial charge is 0.0774 e. The SMILES string of the molecule is Cn1nncc1CNc1ccc2c(c1)CCC2. The second kappa shape index (κ2) is 4.20. The minimum absolute atomic E-state index is 0.766. The number of nitrogens with one attached hydrogen (secondary N) is 1. The standard InChI is InChI=1S/C13H16N4/c1-17-13(9-15-16-17)8-14-12-6-5-10-3-2-4-11(10)7-12/h5-7,9,14H,2-4,8H2,1H3. The molecule has 1 aliphatic rings. The highest BCUT2D eigenvalue weighted by Gasteiger charge is 2.10. The van der Waals surface area contributed by atoms with Crippen LogP contribution in [0.25, 0.3) is 0 Å². The number of fused-ring (bicyclic) bond motifs is 1. The van der Waals surface area contributed by atoms with Gasteiger partial charge < -0.3 is 5.32 Å². The van der Waals surface area contributed by atoms with Crippen molar-refractivity contribution in [1.82, 2.24) is 15.0 Å². The molecule has 1 aromatic carbocycles. The molecule has 1 heterocycles. The Morgan fingerprint density at radius 1 is 1.29 bits per heavy atom. The summed E-state index contributed by atoms with van der Waals surface area (Å²) < 4.78 is 1.79. The third-order valence-electron chi connectivity index (χ3n) is 3.38. The molecule has 4 nitrogen and oxygen atoms in total. The number of nitrogens with zero attached hydrogens (tertiary/aromatic N) is 3. The summed E-state index contributed by atoms with van der Waals surface area (Å²) in [5, 5.41) is 11.2. The quantitative estimate of drug-likeness (QED) is 0.872. The maximum atomic E-state index is 3.91. The number of hydrogen-bond acceptors (Lipinski definition) is 3. The van der Waals surface area contributed by atoms with Crippen molar-refractivity contribution in [3.8, 4) is 0 Å². The van der Waals surface area contributed by atoms with E-state index in [-0.39, 0.29) is 0 Å². The number of anilines is 1. The van der Waals surface area contributed by atoms with Crippen LogP contribution in [0, 0.1) is 0 Å². The van der Waals surface area contributed by atoms with Gasteiger partial charge >= 0.3 is 0 Å². The second-order valence-corrected chi connectivity index (χ2v) is 4.54. The van der Waals surface area contributed by atoms with Crippen molar-refractivity contribution in [2.75, 3.05) is 5.32 Å². The minimum atomic E-state index is 0.766. The fourth-order valence-corrected chi connectivity index (χ4v) is 2.35. The van der Waals surface area contributed by atoms with Crippen molar-refractivity contribution in [2.24, 2.45) is 7.05 Å². The molecule has 0 radical (unpaired) electrons. The molecule has 0 fully saturated rings. The molecule has 0 atom stereocenters. The van der Waals surface area contributed by atoms with Crippen LogP contribution in [-0.2, 0) is 26.4 Å². The zero-order valence-electron chi connectivity index (χ0n) is 9.98. The minimum Gasteiger partial charge on any atom is -0.379 e. The molecule has 17 heavy (non-hydrogen) atoms. The van der Waals surface area contributed by atoms with E-state index in [1.165, 1.54) is 36.1 Å². The molecule has 1 aliphatic carbocycles. The number of rotatable bonds is 3. The molecule has 3 rings (SSSR count). The third-order valence-corrected chi connectivity index (χ3v) is 3.38. The van der Waals surface area contributed by atoms with Crippen LogP contribution < -0.4 is 5.32 Å². The molecule has 0 aliphatic heterocycles.